The summed E-state index contributed by atoms with van der Waals surface area (Å²) in [4.78, 5) is 2.47. The zero-order valence-electron chi connectivity index (χ0n) is 16.2. The standard InChI is InChI=1S/C25H29N/c1-5-10-24-19(3)17-18-26(25(24)23-11-8-7-9-12-23)20(4)22-15-13-21(6-2)14-16-22/h5,7-16,25H,4,6,17-18H2,1-3H3/b10-5-. The van der Waals surface area contributed by atoms with E-state index < -0.39 is 0 Å². The Labute approximate surface area is 158 Å². The van der Waals surface area contributed by atoms with Crippen LogP contribution < -0.4 is 0 Å². The molecular weight excluding hydrogens is 314 g/mol. The number of allylic oxidation sites excluding steroid dienone is 1. The normalized spacial score (nSPS) is 17.8. The summed E-state index contributed by atoms with van der Waals surface area (Å²) in [6.07, 6.45) is 6.56. The van der Waals surface area contributed by atoms with Crippen LogP contribution in [-0.4, -0.2) is 11.4 Å². The maximum Gasteiger partial charge on any atom is 0.0795 e. The van der Waals surface area contributed by atoms with Crippen molar-refractivity contribution in [2.24, 2.45) is 0 Å². The van der Waals surface area contributed by atoms with Gasteiger partial charge in [-0.1, -0.05) is 85.8 Å². The maximum absolute atomic E-state index is 4.48. The van der Waals surface area contributed by atoms with E-state index >= 15 is 0 Å². The molecule has 2 aromatic carbocycles. The van der Waals surface area contributed by atoms with Crippen molar-refractivity contribution in [2.75, 3.05) is 6.54 Å². The van der Waals surface area contributed by atoms with Gasteiger partial charge in [-0.05, 0) is 49.0 Å². The lowest BCUT2D eigenvalue weighted by atomic mass is 9.87. The minimum Gasteiger partial charge on any atom is -0.360 e. The van der Waals surface area contributed by atoms with E-state index in [1.807, 2.05) is 0 Å². The summed E-state index contributed by atoms with van der Waals surface area (Å²) < 4.78 is 0. The summed E-state index contributed by atoms with van der Waals surface area (Å²) in [5, 5.41) is 0. The average molecular weight is 344 g/mol. The number of aryl methyl sites for hydroxylation is 1. The van der Waals surface area contributed by atoms with Crippen molar-refractivity contribution in [3.05, 3.63) is 101 Å². The second kappa shape index (κ2) is 8.23. The Hall–Kier alpha value is -2.54. The van der Waals surface area contributed by atoms with Gasteiger partial charge in [0.15, 0.2) is 0 Å². The first-order chi connectivity index (χ1) is 12.7. The third-order valence-corrected chi connectivity index (χ3v) is 5.33. The topological polar surface area (TPSA) is 3.24 Å². The van der Waals surface area contributed by atoms with Gasteiger partial charge in [-0.15, -0.1) is 0 Å². The Morgan fingerprint density at radius 2 is 1.81 bits per heavy atom. The van der Waals surface area contributed by atoms with Gasteiger partial charge < -0.3 is 4.90 Å². The summed E-state index contributed by atoms with van der Waals surface area (Å²) in [7, 11) is 0. The number of rotatable bonds is 5. The third-order valence-electron chi connectivity index (χ3n) is 5.33. The van der Waals surface area contributed by atoms with Crippen molar-refractivity contribution in [2.45, 2.75) is 39.7 Å². The molecule has 1 aliphatic heterocycles. The van der Waals surface area contributed by atoms with Gasteiger partial charge in [0.2, 0.25) is 0 Å². The van der Waals surface area contributed by atoms with Crippen LogP contribution in [0, 0.1) is 0 Å². The number of benzene rings is 2. The van der Waals surface area contributed by atoms with Crippen molar-refractivity contribution in [3.63, 3.8) is 0 Å². The highest BCUT2D eigenvalue weighted by molar-refractivity contribution is 5.64. The molecule has 26 heavy (non-hydrogen) atoms. The van der Waals surface area contributed by atoms with E-state index in [0.29, 0.717) is 0 Å². The van der Waals surface area contributed by atoms with Gasteiger partial charge in [-0.25, -0.2) is 0 Å². The molecule has 0 saturated heterocycles. The summed E-state index contributed by atoms with van der Waals surface area (Å²) in [6, 6.07) is 19.9. The fourth-order valence-corrected chi connectivity index (χ4v) is 3.76. The first-order valence-electron chi connectivity index (χ1n) is 9.57. The summed E-state index contributed by atoms with van der Waals surface area (Å²) in [5.41, 5.74) is 7.88. The zero-order valence-corrected chi connectivity index (χ0v) is 16.2. The average Bonchev–Trinajstić information content (AvgIpc) is 2.69. The van der Waals surface area contributed by atoms with Gasteiger partial charge in [0, 0.05) is 12.2 Å². The molecule has 3 rings (SSSR count). The van der Waals surface area contributed by atoms with Crippen LogP contribution in [0.3, 0.4) is 0 Å². The van der Waals surface area contributed by atoms with Gasteiger partial charge in [0.05, 0.1) is 6.04 Å². The lowest BCUT2D eigenvalue weighted by Crippen LogP contribution is -2.33. The molecule has 0 aliphatic carbocycles. The summed E-state index contributed by atoms with van der Waals surface area (Å²) in [6.45, 7) is 12.0. The van der Waals surface area contributed by atoms with Crippen LogP contribution >= 0.6 is 0 Å². The number of nitrogens with zero attached hydrogens (tertiary/aromatic N) is 1. The van der Waals surface area contributed by atoms with Gasteiger partial charge in [-0.3, -0.25) is 0 Å². The lowest BCUT2D eigenvalue weighted by Gasteiger charge is -2.41. The molecule has 0 spiro atoms. The molecule has 0 fully saturated rings. The highest BCUT2D eigenvalue weighted by atomic mass is 15.2. The second-order valence-electron chi connectivity index (χ2n) is 6.99. The molecule has 0 radical (unpaired) electrons. The summed E-state index contributed by atoms with van der Waals surface area (Å²) in [5.74, 6) is 0. The van der Waals surface area contributed by atoms with Crippen LogP contribution in [0.25, 0.3) is 5.70 Å². The third kappa shape index (κ3) is 3.67. The van der Waals surface area contributed by atoms with Crippen molar-refractivity contribution >= 4 is 5.70 Å². The molecular formula is C25H29N. The van der Waals surface area contributed by atoms with E-state index in [9.17, 15) is 0 Å². The lowest BCUT2D eigenvalue weighted by molar-refractivity contribution is 0.320. The van der Waals surface area contributed by atoms with Gasteiger partial charge in [-0.2, -0.15) is 0 Å². The molecule has 1 heterocycles. The highest BCUT2D eigenvalue weighted by Gasteiger charge is 2.29. The van der Waals surface area contributed by atoms with E-state index in [4.69, 9.17) is 0 Å². The molecule has 0 amide bonds. The fraction of sp³-hybridized carbons (Fsp3) is 0.280. The first kappa shape index (κ1) is 18.3. The molecule has 1 nitrogen and oxygen atoms in total. The molecule has 0 saturated carbocycles. The summed E-state index contributed by atoms with van der Waals surface area (Å²) >= 11 is 0. The minimum atomic E-state index is 0.222. The quantitative estimate of drug-likeness (QED) is 0.594. The van der Waals surface area contributed by atoms with E-state index in [1.165, 1.54) is 27.8 Å². The molecule has 1 atom stereocenters. The van der Waals surface area contributed by atoms with Crippen LogP contribution in [-0.2, 0) is 6.42 Å². The van der Waals surface area contributed by atoms with E-state index in [2.05, 4.69) is 99.0 Å². The van der Waals surface area contributed by atoms with Crippen LogP contribution in [0.5, 0.6) is 0 Å². The van der Waals surface area contributed by atoms with Crippen LogP contribution in [0.4, 0.5) is 0 Å². The smallest absolute Gasteiger partial charge is 0.0795 e. The molecule has 1 aliphatic rings. The number of hydrogen-bond donors (Lipinski definition) is 0. The Bertz CT molecular complexity index is 809. The van der Waals surface area contributed by atoms with Crippen LogP contribution in [0.15, 0.2) is 84.5 Å². The molecule has 1 unspecified atom stereocenters. The Balaban J connectivity index is 2.02. The van der Waals surface area contributed by atoms with Crippen molar-refractivity contribution in [1.82, 2.24) is 4.90 Å². The van der Waals surface area contributed by atoms with Crippen molar-refractivity contribution < 1.29 is 0 Å². The second-order valence-corrected chi connectivity index (χ2v) is 6.99. The molecule has 0 bridgehead atoms. The van der Waals surface area contributed by atoms with Crippen molar-refractivity contribution in [3.8, 4) is 0 Å². The van der Waals surface area contributed by atoms with E-state index in [1.54, 1.807) is 0 Å². The Morgan fingerprint density at radius 3 is 2.42 bits per heavy atom. The molecule has 2 aromatic rings. The van der Waals surface area contributed by atoms with E-state index in [0.717, 1.165) is 25.1 Å². The van der Waals surface area contributed by atoms with Gasteiger partial charge >= 0.3 is 0 Å². The molecule has 0 aromatic heterocycles. The zero-order chi connectivity index (χ0) is 18.5. The molecule has 1 heteroatoms. The van der Waals surface area contributed by atoms with Crippen LogP contribution in [0.1, 0.15) is 49.9 Å². The van der Waals surface area contributed by atoms with E-state index in [-0.39, 0.29) is 6.04 Å². The van der Waals surface area contributed by atoms with Gasteiger partial charge in [0.25, 0.3) is 0 Å². The largest absolute Gasteiger partial charge is 0.360 e. The molecule has 0 N–H and O–H groups in total. The predicted molar refractivity (Wildman–Crippen MR) is 113 cm³/mol. The SMILES string of the molecule is C=C(c1ccc(CC)cc1)N1CCC(C)=C(/C=C\C)C1c1ccccc1. The highest BCUT2D eigenvalue weighted by Crippen LogP contribution is 2.40. The first-order valence-corrected chi connectivity index (χ1v) is 9.57. The number of hydrogen-bond acceptors (Lipinski definition) is 1. The Kier molecular flexibility index (Phi) is 5.78. The maximum atomic E-state index is 4.48. The predicted octanol–water partition coefficient (Wildman–Crippen LogP) is 6.56. The Morgan fingerprint density at radius 1 is 1.12 bits per heavy atom. The molecule has 134 valence electrons. The monoisotopic (exact) mass is 343 g/mol. The van der Waals surface area contributed by atoms with Crippen LogP contribution in [0.2, 0.25) is 0 Å². The fourth-order valence-electron chi connectivity index (χ4n) is 3.76. The van der Waals surface area contributed by atoms with Gasteiger partial charge in [0.1, 0.15) is 0 Å². The van der Waals surface area contributed by atoms with Crippen molar-refractivity contribution in [1.29, 1.82) is 0 Å². The minimum absolute atomic E-state index is 0.222.